The van der Waals surface area contributed by atoms with Gasteiger partial charge in [-0.05, 0) is 42.0 Å². The Morgan fingerprint density at radius 2 is 1.97 bits per heavy atom. The molecule has 8 heteroatoms. The highest BCUT2D eigenvalue weighted by Crippen LogP contribution is 2.42. The van der Waals surface area contributed by atoms with Crippen molar-refractivity contribution in [3.05, 3.63) is 64.1 Å². The van der Waals surface area contributed by atoms with Crippen molar-refractivity contribution in [3.8, 4) is 17.1 Å². The van der Waals surface area contributed by atoms with Crippen molar-refractivity contribution in [3.63, 3.8) is 0 Å². The van der Waals surface area contributed by atoms with Gasteiger partial charge in [0.25, 0.3) is 0 Å². The average molecular weight is 497 g/mol. The Morgan fingerprint density at radius 1 is 1.19 bits per heavy atom. The number of nitrogens with zero attached hydrogens (tertiary/aromatic N) is 4. The number of hydrogen-bond acceptors (Lipinski definition) is 6. The van der Waals surface area contributed by atoms with Crippen LogP contribution >= 0.6 is 27.7 Å². The van der Waals surface area contributed by atoms with E-state index < -0.39 is 6.23 Å². The molecule has 2 heterocycles. The zero-order valence-corrected chi connectivity index (χ0v) is 19.8. The van der Waals surface area contributed by atoms with Crippen LogP contribution in [0.15, 0.2) is 63.7 Å². The topological polar surface area (TPSA) is 68.2 Å². The maximum absolute atomic E-state index is 12.8. The Kier molecular flexibility index (Phi) is 6.38. The van der Waals surface area contributed by atoms with E-state index in [1.54, 1.807) is 4.90 Å². The third kappa shape index (κ3) is 4.50. The van der Waals surface area contributed by atoms with Crippen LogP contribution in [0.1, 0.15) is 26.3 Å². The van der Waals surface area contributed by atoms with Crippen LogP contribution in [0.2, 0.25) is 0 Å². The van der Waals surface area contributed by atoms with Crippen molar-refractivity contribution >= 4 is 45.4 Å². The van der Waals surface area contributed by atoms with Gasteiger partial charge in [0.1, 0.15) is 0 Å². The second-order valence-corrected chi connectivity index (χ2v) is 9.15. The molecule has 3 aromatic rings. The summed E-state index contributed by atoms with van der Waals surface area (Å²) in [6.45, 7) is 5.51. The van der Waals surface area contributed by atoms with Crippen molar-refractivity contribution in [1.82, 2.24) is 15.2 Å². The molecule has 0 radical (unpaired) electrons. The summed E-state index contributed by atoms with van der Waals surface area (Å²) in [5.41, 5.74) is 3.84. The van der Waals surface area contributed by atoms with E-state index >= 15 is 0 Å². The Hall–Kier alpha value is -2.71. The molecule has 1 unspecified atom stereocenters. The molecule has 0 bridgehead atoms. The smallest absolute Gasteiger partial charge is 0.247 e. The molecule has 0 saturated carbocycles. The number of ether oxygens (including phenoxy) is 1. The number of aromatic nitrogens is 3. The summed E-state index contributed by atoms with van der Waals surface area (Å²) in [6, 6.07) is 15.6. The van der Waals surface area contributed by atoms with E-state index in [4.69, 9.17) is 4.74 Å². The van der Waals surface area contributed by atoms with Crippen LogP contribution in [0.4, 0.5) is 5.69 Å². The van der Waals surface area contributed by atoms with Gasteiger partial charge in [-0.3, -0.25) is 9.69 Å². The van der Waals surface area contributed by atoms with Crippen LogP contribution in [0.5, 0.6) is 5.88 Å². The lowest BCUT2D eigenvalue weighted by atomic mass is 10.1. The lowest BCUT2D eigenvalue weighted by Gasteiger charge is -2.30. The Labute approximate surface area is 193 Å². The van der Waals surface area contributed by atoms with Crippen molar-refractivity contribution in [1.29, 1.82) is 0 Å². The van der Waals surface area contributed by atoms with E-state index in [9.17, 15) is 4.79 Å². The zero-order valence-electron chi connectivity index (χ0n) is 17.4. The summed E-state index contributed by atoms with van der Waals surface area (Å²) in [4.78, 5) is 19.1. The number of amides is 1. The summed E-state index contributed by atoms with van der Waals surface area (Å²) < 4.78 is 7.23. The predicted octanol–water partition coefficient (Wildman–Crippen LogP) is 5.59. The number of anilines is 1. The number of carbonyl (C=O) groups is 1. The maximum atomic E-state index is 12.8. The van der Waals surface area contributed by atoms with Crippen molar-refractivity contribution in [2.24, 2.45) is 0 Å². The highest BCUT2D eigenvalue weighted by Gasteiger charge is 2.34. The summed E-state index contributed by atoms with van der Waals surface area (Å²) in [5, 5.41) is 9.20. The summed E-state index contributed by atoms with van der Waals surface area (Å²) in [6.07, 6.45) is 1.34. The molecule has 6 nitrogen and oxygen atoms in total. The van der Waals surface area contributed by atoms with E-state index in [1.165, 1.54) is 18.7 Å². The predicted molar refractivity (Wildman–Crippen MR) is 127 cm³/mol. The highest BCUT2D eigenvalue weighted by molar-refractivity contribution is 9.10. The first-order valence-electron chi connectivity index (χ1n) is 9.85. The van der Waals surface area contributed by atoms with Crippen LogP contribution < -0.4 is 9.64 Å². The normalized spacial score (nSPS) is 15.5. The van der Waals surface area contributed by atoms with Crippen molar-refractivity contribution < 1.29 is 9.53 Å². The molecule has 2 aromatic carbocycles. The molecule has 1 aliphatic heterocycles. The number of halogens is 1. The van der Waals surface area contributed by atoms with E-state index in [2.05, 4.69) is 31.1 Å². The molecule has 1 aromatic heterocycles. The molecule has 1 aliphatic rings. The average Bonchev–Trinajstić information content (AvgIpc) is 2.89. The minimum atomic E-state index is -0.671. The number of rotatable bonds is 4. The van der Waals surface area contributed by atoms with Crippen LogP contribution in [0.3, 0.4) is 0 Å². The SMILES string of the molecule is CCSc1nnc2c(n1)OC(/C(C)=C/c1ccccc1)N(C(C)=O)c1ccc(Br)cc1-2. The number of benzene rings is 2. The highest BCUT2D eigenvalue weighted by atomic mass is 79.9. The maximum Gasteiger partial charge on any atom is 0.247 e. The molecule has 1 amide bonds. The minimum absolute atomic E-state index is 0.140. The van der Waals surface area contributed by atoms with Crippen LogP contribution in [-0.4, -0.2) is 33.1 Å². The summed E-state index contributed by atoms with van der Waals surface area (Å²) in [7, 11) is 0. The Morgan fingerprint density at radius 3 is 2.68 bits per heavy atom. The lowest BCUT2D eigenvalue weighted by molar-refractivity contribution is -0.117. The number of hydrogen-bond donors (Lipinski definition) is 0. The molecule has 0 spiro atoms. The molecule has 1 atom stereocenters. The van der Waals surface area contributed by atoms with Gasteiger partial charge in [-0.25, -0.2) is 0 Å². The van der Waals surface area contributed by atoms with Gasteiger partial charge in [0.05, 0.1) is 5.69 Å². The van der Waals surface area contributed by atoms with Crippen LogP contribution in [0, 0.1) is 0 Å². The van der Waals surface area contributed by atoms with Gasteiger partial charge >= 0.3 is 0 Å². The monoisotopic (exact) mass is 496 g/mol. The zero-order chi connectivity index (χ0) is 22.0. The number of carbonyl (C=O) groups excluding carboxylic acids is 1. The molecule has 31 heavy (non-hydrogen) atoms. The first-order valence-corrected chi connectivity index (χ1v) is 11.6. The lowest BCUT2D eigenvalue weighted by Crippen LogP contribution is -2.43. The van der Waals surface area contributed by atoms with Crippen molar-refractivity contribution in [2.75, 3.05) is 10.7 Å². The first-order chi connectivity index (χ1) is 15.0. The fourth-order valence-electron chi connectivity index (χ4n) is 3.45. The fourth-order valence-corrected chi connectivity index (χ4v) is 4.31. The van der Waals surface area contributed by atoms with Crippen molar-refractivity contribution in [2.45, 2.75) is 32.2 Å². The summed E-state index contributed by atoms with van der Waals surface area (Å²) >= 11 is 5.01. The minimum Gasteiger partial charge on any atom is -0.447 e. The van der Waals surface area contributed by atoms with Crippen LogP contribution in [0.25, 0.3) is 17.3 Å². The van der Waals surface area contributed by atoms with Gasteiger partial charge in [0, 0.05) is 17.0 Å². The quantitative estimate of drug-likeness (QED) is 0.438. The largest absolute Gasteiger partial charge is 0.447 e. The van der Waals surface area contributed by atoms with Gasteiger partial charge in [-0.1, -0.05) is 71.0 Å². The van der Waals surface area contributed by atoms with Gasteiger partial charge in [-0.2, -0.15) is 4.98 Å². The number of thioether (sulfide) groups is 1. The standard InChI is InChI=1S/C23H21BrN4O2S/c1-4-31-23-25-21-20(26-27-23)18-13-17(24)10-11-19(18)28(15(3)29)22(30-21)14(2)12-16-8-6-5-7-9-16/h5-13,22H,4H2,1-3H3/b14-12+. The molecular formula is C23H21BrN4O2S. The Balaban J connectivity index is 1.91. The van der Waals surface area contributed by atoms with Gasteiger partial charge in [-0.15, -0.1) is 10.2 Å². The molecule has 0 N–H and O–H groups in total. The van der Waals surface area contributed by atoms with Gasteiger partial charge in [0.2, 0.25) is 23.2 Å². The van der Waals surface area contributed by atoms with E-state index in [-0.39, 0.29) is 5.91 Å². The van der Waals surface area contributed by atoms with Gasteiger partial charge < -0.3 is 4.74 Å². The fraction of sp³-hybridized carbons (Fsp3) is 0.217. The summed E-state index contributed by atoms with van der Waals surface area (Å²) in [5.74, 6) is 1.04. The Bertz CT molecular complexity index is 1150. The van der Waals surface area contributed by atoms with E-state index in [0.29, 0.717) is 22.4 Å². The third-order valence-corrected chi connectivity index (χ3v) is 5.98. The van der Waals surface area contributed by atoms with E-state index in [0.717, 1.165) is 26.9 Å². The van der Waals surface area contributed by atoms with Crippen LogP contribution in [-0.2, 0) is 4.79 Å². The molecule has 0 saturated heterocycles. The molecule has 0 aliphatic carbocycles. The molecule has 0 fully saturated rings. The molecule has 158 valence electrons. The van der Waals surface area contributed by atoms with Gasteiger partial charge in [0.15, 0.2) is 5.69 Å². The second kappa shape index (κ2) is 9.20. The second-order valence-electron chi connectivity index (χ2n) is 7.00. The van der Waals surface area contributed by atoms with E-state index in [1.807, 2.05) is 68.5 Å². The first kappa shape index (κ1) is 21.5. The molecular weight excluding hydrogens is 476 g/mol. The number of fused-ring (bicyclic) bond motifs is 3. The molecule has 4 rings (SSSR count). The third-order valence-electron chi connectivity index (χ3n) is 4.76.